The quantitative estimate of drug-likeness (QED) is 0.726. The zero-order valence-corrected chi connectivity index (χ0v) is 11.8. The van der Waals surface area contributed by atoms with Crippen LogP contribution in [0.1, 0.15) is 50.8 Å². The molecule has 0 saturated carbocycles. The van der Waals surface area contributed by atoms with Crippen LogP contribution in [0, 0.1) is 0 Å². The highest BCUT2D eigenvalue weighted by Gasteiger charge is 2.19. The Hall–Kier alpha value is -0.900. The van der Waals surface area contributed by atoms with Gasteiger partial charge in [-0.2, -0.15) is 0 Å². The van der Waals surface area contributed by atoms with Crippen LogP contribution in [0.15, 0.2) is 24.3 Å². The van der Waals surface area contributed by atoms with Crippen LogP contribution in [0.5, 0.6) is 0 Å². The molecule has 0 saturated heterocycles. The van der Waals surface area contributed by atoms with E-state index in [9.17, 15) is 5.11 Å². The van der Waals surface area contributed by atoms with Crippen molar-refractivity contribution in [2.45, 2.75) is 45.3 Å². The van der Waals surface area contributed by atoms with Crippen molar-refractivity contribution in [1.82, 2.24) is 5.32 Å². The Morgan fingerprint density at radius 3 is 2.06 bits per heavy atom. The van der Waals surface area contributed by atoms with Gasteiger partial charge in [-0.25, -0.2) is 0 Å². The van der Waals surface area contributed by atoms with Crippen molar-refractivity contribution in [1.29, 1.82) is 0 Å². The highest BCUT2D eigenvalue weighted by atomic mass is 16.3. The van der Waals surface area contributed by atoms with Gasteiger partial charge < -0.3 is 15.5 Å². The highest BCUT2D eigenvalue weighted by Crippen LogP contribution is 2.18. The van der Waals surface area contributed by atoms with Crippen LogP contribution in [0.25, 0.3) is 0 Å². The highest BCUT2D eigenvalue weighted by molar-refractivity contribution is 5.26. The molecule has 2 unspecified atom stereocenters. The van der Waals surface area contributed by atoms with Gasteiger partial charge in [-0.05, 0) is 30.9 Å². The molecule has 3 heteroatoms. The molecule has 0 fully saturated rings. The first kappa shape index (κ1) is 15.2. The Morgan fingerprint density at radius 2 is 1.61 bits per heavy atom. The molecule has 1 aromatic rings. The second-order valence-electron chi connectivity index (χ2n) is 5.58. The number of hydrogen-bond donors (Lipinski definition) is 3. The molecule has 0 bridgehead atoms. The monoisotopic (exact) mass is 251 g/mol. The molecule has 0 aliphatic rings. The molecular weight excluding hydrogens is 226 g/mol. The van der Waals surface area contributed by atoms with E-state index in [0.717, 1.165) is 0 Å². The zero-order chi connectivity index (χ0) is 13.8. The topological polar surface area (TPSA) is 52.5 Å². The minimum absolute atomic E-state index is 0.157. The fourth-order valence-electron chi connectivity index (χ4n) is 1.72. The van der Waals surface area contributed by atoms with Crippen molar-refractivity contribution in [3.8, 4) is 0 Å². The van der Waals surface area contributed by atoms with E-state index < -0.39 is 5.60 Å². The SMILES string of the molecule is CC(C)c1ccc(C(C)NCC(C)(O)CO)cc1. The van der Waals surface area contributed by atoms with Crippen LogP contribution >= 0.6 is 0 Å². The van der Waals surface area contributed by atoms with Gasteiger partial charge in [0.05, 0.1) is 12.2 Å². The average molecular weight is 251 g/mol. The molecule has 102 valence electrons. The lowest BCUT2D eigenvalue weighted by Crippen LogP contribution is -2.41. The van der Waals surface area contributed by atoms with Crippen LogP contribution in [0.2, 0.25) is 0 Å². The van der Waals surface area contributed by atoms with Gasteiger partial charge in [0.15, 0.2) is 0 Å². The van der Waals surface area contributed by atoms with Gasteiger partial charge >= 0.3 is 0 Å². The maximum atomic E-state index is 9.72. The number of aliphatic hydroxyl groups is 2. The van der Waals surface area contributed by atoms with Gasteiger partial charge in [-0.1, -0.05) is 38.1 Å². The standard InChI is InChI=1S/C15H25NO2/c1-11(2)13-5-7-14(8-6-13)12(3)16-9-15(4,18)10-17/h5-8,11-12,16-18H,9-10H2,1-4H3. The van der Waals surface area contributed by atoms with Crippen molar-refractivity contribution in [3.05, 3.63) is 35.4 Å². The molecular formula is C15H25NO2. The lowest BCUT2D eigenvalue weighted by Gasteiger charge is -2.24. The molecule has 2 atom stereocenters. The Bertz CT molecular complexity index is 357. The summed E-state index contributed by atoms with van der Waals surface area (Å²) in [5.41, 5.74) is 1.45. The van der Waals surface area contributed by atoms with Gasteiger partial charge in [0.2, 0.25) is 0 Å². The largest absolute Gasteiger partial charge is 0.393 e. The summed E-state index contributed by atoms with van der Waals surface area (Å²) in [6, 6.07) is 8.66. The van der Waals surface area contributed by atoms with Gasteiger partial charge in [0.1, 0.15) is 0 Å². The van der Waals surface area contributed by atoms with Crippen LogP contribution in [-0.4, -0.2) is 29.0 Å². The van der Waals surface area contributed by atoms with E-state index >= 15 is 0 Å². The van der Waals surface area contributed by atoms with Crippen LogP contribution in [-0.2, 0) is 0 Å². The molecule has 0 aromatic heterocycles. The van der Waals surface area contributed by atoms with E-state index in [1.807, 2.05) is 0 Å². The van der Waals surface area contributed by atoms with Gasteiger partial charge in [0.25, 0.3) is 0 Å². The Kier molecular flexibility index (Phi) is 5.32. The van der Waals surface area contributed by atoms with Crippen LogP contribution in [0.4, 0.5) is 0 Å². The fourth-order valence-corrected chi connectivity index (χ4v) is 1.72. The Morgan fingerprint density at radius 1 is 1.11 bits per heavy atom. The number of nitrogens with one attached hydrogen (secondary N) is 1. The molecule has 3 nitrogen and oxygen atoms in total. The molecule has 0 heterocycles. The second kappa shape index (κ2) is 6.32. The molecule has 0 aliphatic heterocycles. The summed E-state index contributed by atoms with van der Waals surface area (Å²) in [5.74, 6) is 0.539. The molecule has 1 aromatic carbocycles. The number of rotatable bonds is 6. The van der Waals surface area contributed by atoms with Crippen molar-refractivity contribution < 1.29 is 10.2 Å². The van der Waals surface area contributed by atoms with Crippen LogP contribution < -0.4 is 5.32 Å². The molecule has 0 spiro atoms. The normalized spacial score (nSPS) is 16.6. The third-order valence-electron chi connectivity index (χ3n) is 3.23. The number of hydrogen-bond acceptors (Lipinski definition) is 3. The van der Waals surface area contributed by atoms with Gasteiger partial charge in [0, 0.05) is 12.6 Å². The van der Waals surface area contributed by atoms with Crippen molar-refractivity contribution in [2.75, 3.05) is 13.2 Å². The maximum absolute atomic E-state index is 9.72. The van der Waals surface area contributed by atoms with Crippen molar-refractivity contribution in [2.24, 2.45) is 0 Å². The molecule has 0 radical (unpaired) electrons. The Labute approximate surface area is 110 Å². The van der Waals surface area contributed by atoms with E-state index in [1.165, 1.54) is 11.1 Å². The lowest BCUT2D eigenvalue weighted by molar-refractivity contribution is 0.00106. The third kappa shape index (κ3) is 4.41. The lowest BCUT2D eigenvalue weighted by atomic mass is 9.99. The maximum Gasteiger partial charge on any atom is 0.0973 e. The molecule has 0 amide bonds. The van der Waals surface area contributed by atoms with E-state index in [0.29, 0.717) is 12.5 Å². The Balaban J connectivity index is 2.59. The summed E-state index contributed by atoms with van der Waals surface area (Å²) < 4.78 is 0. The van der Waals surface area contributed by atoms with Gasteiger partial charge in [-0.15, -0.1) is 0 Å². The minimum Gasteiger partial charge on any atom is -0.393 e. The summed E-state index contributed by atoms with van der Waals surface area (Å²) in [5, 5.41) is 21.9. The first-order valence-corrected chi connectivity index (χ1v) is 6.52. The summed E-state index contributed by atoms with van der Waals surface area (Å²) in [6.45, 7) is 8.16. The van der Waals surface area contributed by atoms with Gasteiger partial charge in [-0.3, -0.25) is 0 Å². The third-order valence-corrected chi connectivity index (χ3v) is 3.23. The van der Waals surface area contributed by atoms with Crippen molar-refractivity contribution >= 4 is 0 Å². The molecule has 3 N–H and O–H groups in total. The smallest absolute Gasteiger partial charge is 0.0973 e. The molecule has 18 heavy (non-hydrogen) atoms. The summed E-state index contributed by atoms with van der Waals surface area (Å²) >= 11 is 0. The minimum atomic E-state index is -1.06. The van der Waals surface area contributed by atoms with E-state index in [-0.39, 0.29) is 12.6 Å². The number of benzene rings is 1. The first-order valence-electron chi connectivity index (χ1n) is 6.52. The molecule has 1 rings (SSSR count). The van der Waals surface area contributed by atoms with Crippen molar-refractivity contribution in [3.63, 3.8) is 0 Å². The summed E-state index contributed by atoms with van der Waals surface area (Å²) in [4.78, 5) is 0. The van der Waals surface area contributed by atoms with Crippen LogP contribution in [0.3, 0.4) is 0 Å². The first-order chi connectivity index (χ1) is 8.35. The number of aliphatic hydroxyl groups excluding tert-OH is 1. The molecule has 0 aliphatic carbocycles. The summed E-state index contributed by atoms with van der Waals surface area (Å²) in [7, 11) is 0. The fraction of sp³-hybridized carbons (Fsp3) is 0.600. The zero-order valence-electron chi connectivity index (χ0n) is 11.8. The summed E-state index contributed by atoms with van der Waals surface area (Å²) in [6.07, 6.45) is 0. The van der Waals surface area contributed by atoms with E-state index in [1.54, 1.807) is 6.92 Å². The predicted molar refractivity (Wildman–Crippen MR) is 74.7 cm³/mol. The second-order valence-corrected chi connectivity index (χ2v) is 5.58. The predicted octanol–water partition coefficient (Wildman–Crippen LogP) is 2.20. The van der Waals surface area contributed by atoms with E-state index in [4.69, 9.17) is 5.11 Å². The average Bonchev–Trinajstić information content (AvgIpc) is 2.36. The van der Waals surface area contributed by atoms with E-state index in [2.05, 4.69) is 50.4 Å².